The first-order valence-electron chi connectivity index (χ1n) is 1.27. The van der Waals surface area contributed by atoms with Crippen molar-refractivity contribution in [1.29, 1.82) is 0 Å². The SMILES string of the molecule is B=S(C)(C)=O. The summed E-state index contributed by atoms with van der Waals surface area (Å²) in [5.41, 5.74) is 0. The standard InChI is InChI=1S/C2H7BOS/c1-5(2,3)4/h3H,1-2H3. The third-order valence-electron chi connectivity index (χ3n) is 0. The molecule has 0 fully saturated rings. The minimum atomic E-state index is -1.67. The fraction of sp³-hybridized carbons (Fsp3) is 1.00. The molecule has 30 valence electrons. The van der Waals surface area contributed by atoms with Crippen LogP contribution >= 0.6 is 0 Å². The van der Waals surface area contributed by atoms with Crippen molar-refractivity contribution in [1.82, 2.24) is 0 Å². The van der Waals surface area contributed by atoms with E-state index < -0.39 is 9.36 Å². The third-order valence-corrected chi connectivity index (χ3v) is 0. The van der Waals surface area contributed by atoms with E-state index in [1.165, 1.54) is 0 Å². The van der Waals surface area contributed by atoms with Crippen molar-refractivity contribution in [2.45, 2.75) is 0 Å². The second-order valence-electron chi connectivity index (χ2n) is 1.44. The van der Waals surface area contributed by atoms with Gasteiger partial charge in [-0.1, -0.05) is 0 Å². The topological polar surface area (TPSA) is 17.1 Å². The van der Waals surface area contributed by atoms with E-state index in [1.54, 1.807) is 12.5 Å². The molecule has 0 N–H and O–H groups in total. The molecule has 0 aliphatic carbocycles. The van der Waals surface area contributed by atoms with Crippen LogP contribution in [0.3, 0.4) is 0 Å². The molecule has 0 atom stereocenters. The molecule has 0 radical (unpaired) electrons. The van der Waals surface area contributed by atoms with Gasteiger partial charge in [0, 0.05) is 0 Å². The van der Waals surface area contributed by atoms with Crippen LogP contribution in [-0.4, -0.2) is 23.4 Å². The second kappa shape index (κ2) is 1.13. The van der Waals surface area contributed by atoms with Gasteiger partial charge in [-0.15, -0.1) is 0 Å². The van der Waals surface area contributed by atoms with Crippen LogP contribution in [0.2, 0.25) is 0 Å². The van der Waals surface area contributed by atoms with Crippen molar-refractivity contribution in [3.63, 3.8) is 0 Å². The molecule has 0 amide bonds. The van der Waals surface area contributed by atoms with Crippen molar-refractivity contribution in [2.75, 3.05) is 12.5 Å². The molecule has 0 bridgehead atoms. The van der Waals surface area contributed by atoms with Crippen molar-refractivity contribution >= 4 is 16.1 Å². The average Bonchev–Trinajstić information content (AvgIpc) is 0.722. The van der Waals surface area contributed by atoms with E-state index >= 15 is 0 Å². The Hall–Kier alpha value is 0.215. The van der Waals surface area contributed by atoms with Gasteiger partial charge >= 0.3 is 32.8 Å². The Balaban J connectivity index is 4.06. The van der Waals surface area contributed by atoms with Crippen LogP contribution in [0.1, 0.15) is 0 Å². The van der Waals surface area contributed by atoms with Crippen LogP contribution in [0.4, 0.5) is 0 Å². The number of hydrogen-bond donors (Lipinski definition) is 0. The van der Waals surface area contributed by atoms with Gasteiger partial charge in [0.1, 0.15) is 0 Å². The van der Waals surface area contributed by atoms with Gasteiger partial charge in [0.25, 0.3) is 0 Å². The van der Waals surface area contributed by atoms with Gasteiger partial charge in [0.05, 0.1) is 0 Å². The van der Waals surface area contributed by atoms with Crippen molar-refractivity contribution in [2.24, 2.45) is 0 Å². The van der Waals surface area contributed by atoms with Gasteiger partial charge in [0.15, 0.2) is 0 Å². The zero-order valence-corrected chi connectivity index (χ0v) is 4.34. The third kappa shape index (κ3) is 448. The van der Waals surface area contributed by atoms with Gasteiger partial charge in [-0.25, -0.2) is 0 Å². The van der Waals surface area contributed by atoms with Gasteiger partial charge in [-0.2, -0.15) is 0 Å². The number of rotatable bonds is 0. The van der Waals surface area contributed by atoms with Crippen LogP contribution in [0.25, 0.3) is 0 Å². The molecule has 0 unspecified atom stereocenters. The Morgan fingerprint density at radius 3 is 1.60 bits per heavy atom. The van der Waals surface area contributed by atoms with Crippen LogP contribution in [-0.2, 0) is 9.36 Å². The van der Waals surface area contributed by atoms with Crippen LogP contribution < -0.4 is 0 Å². The predicted molar refractivity (Wildman–Crippen MR) is 27.1 cm³/mol. The summed E-state index contributed by atoms with van der Waals surface area (Å²) in [4.78, 5) is 0. The van der Waals surface area contributed by atoms with Crippen molar-refractivity contribution < 1.29 is 4.21 Å². The monoisotopic (exact) mass is 90.0 g/mol. The normalized spacial score (nSPS) is 11.4. The molecule has 0 aliphatic rings. The van der Waals surface area contributed by atoms with Gasteiger partial charge in [0.2, 0.25) is 0 Å². The van der Waals surface area contributed by atoms with E-state index in [2.05, 4.69) is 6.72 Å². The molecule has 3 heteroatoms. The molecule has 0 aliphatic heterocycles. The summed E-state index contributed by atoms with van der Waals surface area (Å²) >= 11 is 0. The van der Waals surface area contributed by atoms with Gasteiger partial charge < -0.3 is 0 Å². The van der Waals surface area contributed by atoms with Crippen LogP contribution in [0.5, 0.6) is 0 Å². The van der Waals surface area contributed by atoms with E-state index in [4.69, 9.17) is 0 Å². The first-order chi connectivity index (χ1) is 2.00. The van der Waals surface area contributed by atoms with Gasteiger partial charge in [-0.05, 0) is 0 Å². The molecule has 0 heterocycles. The quantitative estimate of drug-likeness (QED) is 0.361. The predicted octanol–water partition coefficient (Wildman–Crippen LogP) is -0.654. The molecule has 0 aromatic heterocycles. The maximum atomic E-state index is 10.1. The number of hydrogen-bond acceptors (Lipinski definition) is 1. The Morgan fingerprint density at radius 2 is 1.60 bits per heavy atom. The van der Waals surface area contributed by atoms with Crippen molar-refractivity contribution in [3.05, 3.63) is 0 Å². The summed E-state index contributed by atoms with van der Waals surface area (Å²) in [6, 6.07) is 0. The summed E-state index contributed by atoms with van der Waals surface area (Å²) in [5, 5.41) is 0. The Bertz CT molecular complexity index is 92.8. The maximum absolute atomic E-state index is 10.1. The fourth-order valence-electron chi connectivity index (χ4n) is 0. The first-order valence-corrected chi connectivity index (χ1v) is 3.82. The average molecular weight is 90.0 g/mol. The van der Waals surface area contributed by atoms with E-state index in [0.29, 0.717) is 0 Å². The summed E-state index contributed by atoms with van der Waals surface area (Å²) in [6.07, 6.45) is 3.21. The van der Waals surface area contributed by atoms with Gasteiger partial charge in [-0.3, -0.25) is 0 Å². The molecule has 0 rings (SSSR count). The fourth-order valence-corrected chi connectivity index (χ4v) is 0. The summed E-state index contributed by atoms with van der Waals surface area (Å²) in [5.74, 6) is 0. The molecular formula is C2H7BOS. The molecular weight excluding hydrogens is 82.9 g/mol. The van der Waals surface area contributed by atoms with Crippen molar-refractivity contribution in [3.8, 4) is 0 Å². The van der Waals surface area contributed by atoms with E-state index in [9.17, 15) is 4.21 Å². The summed E-state index contributed by atoms with van der Waals surface area (Å²) < 4.78 is 10.1. The Morgan fingerprint density at radius 1 is 1.60 bits per heavy atom. The summed E-state index contributed by atoms with van der Waals surface area (Å²) in [6.45, 7) is 3.30. The molecule has 0 spiro atoms. The zero-order chi connectivity index (χ0) is 4.50. The zero-order valence-electron chi connectivity index (χ0n) is 3.52. The van der Waals surface area contributed by atoms with Crippen LogP contribution in [0, 0.1) is 0 Å². The Kier molecular flexibility index (Phi) is 1.18. The second-order valence-corrected chi connectivity index (χ2v) is 4.31. The van der Waals surface area contributed by atoms with Crippen LogP contribution in [0.15, 0.2) is 0 Å². The summed E-state index contributed by atoms with van der Waals surface area (Å²) in [7, 11) is -1.67. The molecule has 0 saturated heterocycles. The first kappa shape index (κ1) is 5.21. The van der Waals surface area contributed by atoms with E-state index in [-0.39, 0.29) is 0 Å². The molecule has 0 aromatic carbocycles. The van der Waals surface area contributed by atoms with E-state index in [0.717, 1.165) is 0 Å². The molecule has 1 nitrogen and oxygen atoms in total. The minimum absolute atomic E-state index is 1.60. The molecule has 5 heavy (non-hydrogen) atoms. The Labute approximate surface area is 33.7 Å². The van der Waals surface area contributed by atoms with E-state index in [1.807, 2.05) is 0 Å². The molecule has 0 saturated carbocycles. The molecule has 0 aromatic rings.